The highest BCUT2D eigenvalue weighted by Crippen LogP contribution is 2.30. The molecule has 19 heavy (non-hydrogen) atoms. The molecule has 0 fully saturated rings. The Morgan fingerprint density at radius 1 is 1.42 bits per heavy atom. The highest BCUT2D eigenvalue weighted by molar-refractivity contribution is 5.57. The first-order valence-corrected chi connectivity index (χ1v) is 6.32. The van der Waals surface area contributed by atoms with Gasteiger partial charge in [-0.1, -0.05) is 27.7 Å². The number of hydrogen-bond donors (Lipinski definition) is 1. The summed E-state index contributed by atoms with van der Waals surface area (Å²) in [6.07, 6.45) is 0. The molecule has 0 bridgehead atoms. The van der Waals surface area contributed by atoms with Crippen molar-refractivity contribution in [2.45, 2.75) is 27.7 Å². The van der Waals surface area contributed by atoms with Crippen LogP contribution in [0.15, 0.2) is 18.2 Å². The van der Waals surface area contributed by atoms with Gasteiger partial charge in [-0.2, -0.15) is 0 Å². The molecule has 0 aromatic heterocycles. The van der Waals surface area contributed by atoms with Gasteiger partial charge in [-0.05, 0) is 17.4 Å². The first kappa shape index (κ1) is 15.3. The van der Waals surface area contributed by atoms with Crippen LogP contribution in [0.1, 0.15) is 27.7 Å². The van der Waals surface area contributed by atoms with Gasteiger partial charge in [0.1, 0.15) is 0 Å². The molecule has 0 aliphatic carbocycles. The average Bonchev–Trinajstić information content (AvgIpc) is 2.33. The first-order chi connectivity index (χ1) is 8.75. The zero-order valence-electron chi connectivity index (χ0n) is 12.2. The molecule has 1 unspecified atom stereocenters. The van der Waals surface area contributed by atoms with Crippen LogP contribution in [-0.4, -0.2) is 18.6 Å². The molecule has 0 heterocycles. The van der Waals surface area contributed by atoms with Crippen molar-refractivity contribution in [3.05, 3.63) is 28.3 Å². The molecule has 1 N–H and O–H groups in total. The van der Waals surface area contributed by atoms with Crippen molar-refractivity contribution < 1.29 is 9.66 Å². The van der Waals surface area contributed by atoms with Gasteiger partial charge in [-0.15, -0.1) is 0 Å². The van der Waals surface area contributed by atoms with E-state index in [0.29, 0.717) is 5.92 Å². The van der Waals surface area contributed by atoms with E-state index in [4.69, 9.17) is 4.74 Å². The summed E-state index contributed by atoms with van der Waals surface area (Å²) in [7, 11) is 1.43. The highest BCUT2D eigenvalue weighted by atomic mass is 16.6. The van der Waals surface area contributed by atoms with Gasteiger partial charge in [-0.3, -0.25) is 10.1 Å². The molecule has 1 rings (SSSR count). The second-order valence-electron chi connectivity index (χ2n) is 5.79. The Bertz CT molecular complexity index is 452. The molecule has 1 aromatic rings. The number of ether oxygens (including phenoxy) is 1. The molecule has 0 radical (unpaired) electrons. The number of hydrogen-bond acceptors (Lipinski definition) is 4. The van der Waals surface area contributed by atoms with Crippen LogP contribution in [0.25, 0.3) is 0 Å². The van der Waals surface area contributed by atoms with E-state index in [2.05, 4.69) is 33.0 Å². The molecule has 106 valence electrons. The summed E-state index contributed by atoms with van der Waals surface area (Å²) in [6, 6.07) is 4.83. The minimum Gasteiger partial charge on any atom is -0.490 e. The third-order valence-corrected chi connectivity index (χ3v) is 3.47. The van der Waals surface area contributed by atoms with Gasteiger partial charge in [0.25, 0.3) is 0 Å². The Morgan fingerprint density at radius 2 is 2.05 bits per heavy atom. The number of anilines is 1. The van der Waals surface area contributed by atoms with Crippen molar-refractivity contribution in [3.63, 3.8) is 0 Å². The second-order valence-corrected chi connectivity index (χ2v) is 5.79. The van der Waals surface area contributed by atoms with E-state index in [1.165, 1.54) is 13.2 Å². The summed E-state index contributed by atoms with van der Waals surface area (Å²) >= 11 is 0. The molecule has 0 spiro atoms. The summed E-state index contributed by atoms with van der Waals surface area (Å²) in [6.45, 7) is 9.56. The van der Waals surface area contributed by atoms with Crippen molar-refractivity contribution in [3.8, 4) is 5.75 Å². The van der Waals surface area contributed by atoms with E-state index in [-0.39, 0.29) is 16.9 Å². The highest BCUT2D eigenvalue weighted by Gasteiger charge is 2.20. The lowest BCUT2D eigenvalue weighted by Gasteiger charge is -2.27. The van der Waals surface area contributed by atoms with Crippen molar-refractivity contribution in [1.29, 1.82) is 0 Å². The Hall–Kier alpha value is -1.78. The fourth-order valence-electron chi connectivity index (χ4n) is 1.52. The molecule has 1 atom stereocenters. The SMILES string of the molecule is COc1cc(NCC(C)C(C)(C)C)ccc1[N+](=O)[O-]. The summed E-state index contributed by atoms with van der Waals surface area (Å²) in [5, 5.41) is 14.1. The minimum atomic E-state index is -0.444. The third-order valence-electron chi connectivity index (χ3n) is 3.47. The third kappa shape index (κ3) is 4.12. The van der Waals surface area contributed by atoms with Crippen molar-refractivity contribution in [2.75, 3.05) is 19.0 Å². The van der Waals surface area contributed by atoms with E-state index in [1.807, 2.05) is 0 Å². The van der Waals surface area contributed by atoms with Gasteiger partial charge in [0, 0.05) is 24.4 Å². The predicted molar refractivity (Wildman–Crippen MR) is 76.8 cm³/mol. The van der Waals surface area contributed by atoms with Crippen LogP contribution in [0.5, 0.6) is 5.75 Å². The summed E-state index contributed by atoms with van der Waals surface area (Å²) in [4.78, 5) is 10.4. The number of nitro benzene ring substituents is 1. The lowest BCUT2D eigenvalue weighted by molar-refractivity contribution is -0.385. The lowest BCUT2D eigenvalue weighted by Crippen LogP contribution is -2.24. The van der Waals surface area contributed by atoms with Crippen LogP contribution in [0.4, 0.5) is 11.4 Å². The van der Waals surface area contributed by atoms with Crippen LogP contribution >= 0.6 is 0 Å². The number of methoxy groups -OCH3 is 1. The maximum absolute atomic E-state index is 10.8. The molecular formula is C14H22N2O3. The molecule has 0 aliphatic rings. The largest absolute Gasteiger partial charge is 0.490 e. The number of benzene rings is 1. The number of nitrogens with zero attached hydrogens (tertiary/aromatic N) is 1. The van der Waals surface area contributed by atoms with Crippen molar-refractivity contribution >= 4 is 11.4 Å². The molecule has 1 aromatic carbocycles. The maximum atomic E-state index is 10.8. The van der Waals surface area contributed by atoms with Crippen molar-refractivity contribution in [2.24, 2.45) is 11.3 Å². The van der Waals surface area contributed by atoms with Crippen LogP contribution in [0.3, 0.4) is 0 Å². The predicted octanol–water partition coefficient (Wildman–Crippen LogP) is 3.70. The number of nitro groups is 1. The fraction of sp³-hybridized carbons (Fsp3) is 0.571. The summed E-state index contributed by atoms with van der Waals surface area (Å²) < 4.78 is 5.04. The molecule has 0 aliphatic heterocycles. The first-order valence-electron chi connectivity index (χ1n) is 6.32. The van der Waals surface area contributed by atoms with Gasteiger partial charge in [-0.25, -0.2) is 0 Å². The molecule has 0 saturated carbocycles. The molecule has 5 heteroatoms. The van der Waals surface area contributed by atoms with Gasteiger partial charge < -0.3 is 10.1 Å². The zero-order chi connectivity index (χ0) is 14.6. The van der Waals surface area contributed by atoms with Crippen LogP contribution < -0.4 is 10.1 Å². The van der Waals surface area contributed by atoms with E-state index < -0.39 is 4.92 Å². The molecular weight excluding hydrogens is 244 g/mol. The Morgan fingerprint density at radius 3 is 2.53 bits per heavy atom. The summed E-state index contributed by atoms with van der Waals surface area (Å²) in [5.74, 6) is 0.757. The van der Waals surface area contributed by atoms with Gasteiger partial charge >= 0.3 is 5.69 Å². The lowest BCUT2D eigenvalue weighted by atomic mass is 9.82. The van der Waals surface area contributed by atoms with Crippen LogP contribution in [0, 0.1) is 21.4 Å². The van der Waals surface area contributed by atoms with Gasteiger partial charge in [0.05, 0.1) is 12.0 Å². The van der Waals surface area contributed by atoms with Crippen molar-refractivity contribution in [1.82, 2.24) is 0 Å². The molecule has 0 amide bonds. The minimum absolute atomic E-state index is 0.0167. The average molecular weight is 266 g/mol. The van der Waals surface area contributed by atoms with Crippen LogP contribution in [-0.2, 0) is 0 Å². The van der Waals surface area contributed by atoms with Gasteiger partial charge in [0.2, 0.25) is 0 Å². The quantitative estimate of drug-likeness (QED) is 0.652. The number of nitrogens with one attached hydrogen (secondary N) is 1. The zero-order valence-corrected chi connectivity index (χ0v) is 12.2. The maximum Gasteiger partial charge on any atom is 0.311 e. The Labute approximate surface area is 114 Å². The normalized spacial score (nSPS) is 12.9. The fourth-order valence-corrected chi connectivity index (χ4v) is 1.52. The smallest absolute Gasteiger partial charge is 0.311 e. The molecule has 5 nitrogen and oxygen atoms in total. The second kappa shape index (κ2) is 5.91. The molecule has 0 saturated heterocycles. The number of rotatable bonds is 5. The monoisotopic (exact) mass is 266 g/mol. The van der Waals surface area contributed by atoms with E-state index in [9.17, 15) is 10.1 Å². The Kier molecular flexibility index (Phi) is 4.75. The van der Waals surface area contributed by atoms with E-state index >= 15 is 0 Å². The van der Waals surface area contributed by atoms with E-state index in [0.717, 1.165) is 12.2 Å². The van der Waals surface area contributed by atoms with E-state index in [1.54, 1.807) is 12.1 Å². The van der Waals surface area contributed by atoms with Crippen LogP contribution in [0.2, 0.25) is 0 Å². The standard InChI is InChI=1S/C14H22N2O3/c1-10(14(2,3)4)9-15-11-6-7-12(16(17)18)13(8-11)19-5/h6-8,10,15H,9H2,1-5H3. The topological polar surface area (TPSA) is 64.4 Å². The Balaban J connectivity index is 2.78. The summed E-state index contributed by atoms with van der Waals surface area (Å²) in [5.41, 5.74) is 1.04. The van der Waals surface area contributed by atoms with Gasteiger partial charge in [0.15, 0.2) is 5.75 Å².